The zero-order valence-corrected chi connectivity index (χ0v) is 20.6. The molecule has 3 aromatic carbocycles. The van der Waals surface area contributed by atoms with E-state index in [2.05, 4.69) is 12.1 Å². The van der Waals surface area contributed by atoms with Gasteiger partial charge in [-0.2, -0.15) is 0 Å². The van der Waals surface area contributed by atoms with Crippen LogP contribution in [0.25, 0.3) is 11.8 Å². The Bertz CT molecular complexity index is 1780. The van der Waals surface area contributed by atoms with Gasteiger partial charge in [-0.25, -0.2) is 4.99 Å². The fourth-order valence-electron chi connectivity index (χ4n) is 5.04. The highest BCUT2D eigenvalue weighted by Crippen LogP contribution is 2.41. The Hall–Kier alpha value is -4.50. The first-order chi connectivity index (χ1) is 17.9. The number of nitro groups is 1. The van der Waals surface area contributed by atoms with Crippen molar-refractivity contribution < 1.29 is 14.8 Å². The molecule has 0 unspecified atom stereocenters. The number of benzene rings is 3. The zero-order chi connectivity index (χ0) is 25.7. The highest BCUT2D eigenvalue weighted by Gasteiger charge is 2.32. The quantitative estimate of drug-likeness (QED) is 0.330. The lowest BCUT2D eigenvalue weighted by atomic mass is 9.83. The van der Waals surface area contributed by atoms with E-state index in [9.17, 15) is 20.0 Å². The highest BCUT2D eigenvalue weighted by atomic mass is 32.1. The number of aryl methyl sites for hydroxylation is 1. The average Bonchev–Trinajstić information content (AvgIpc) is 3.22. The Morgan fingerprint density at radius 1 is 1.14 bits per heavy atom. The van der Waals surface area contributed by atoms with Gasteiger partial charge in [0.25, 0.3) is 5.56 Å². The Balaban J connectivity index is 1.59. The highest BCUT2D eigenvalue weighted by molar-refractivity contribution is 7.07. The Kier molecular flexibility index (Phi) is 5.49. The number of phenolic OH excluding ortho intramolecular Hbond substituents is 1. The number of allylic oxidation sites excluding steroid dienone is 1. The summed E-state index contributed by atoms with van der Waals surface area (Å²) in [5.41, 5.74) is 5.07. The molecule has 0 saturated heterocycles. The number of hydrogen-bond acceptors (Lipinski definition) is 7. The van der Waals surface area contributed by atoms with Gasteiger partial charge in [0.15, 0.2) is 10.6 Å². The van der Waals surface area contributed by atoms with Crippen LogP contribution in [0.1, 0.15) is 34.7 Å². The van der Waals surface area contributed by atoms with Gasteiger partial charge in [0.1, 0.15) is 5.75 Å². The summed E-state index contributed by atoms with van der Waals surface area (Å²) in [5.74, 6) is 0.308. The van der Waals surface area contributed by atoms with Crippen LogP contribution in [0.5, 0.6) is 11.5 Å². The van der Waals surface area contributed by atoms with E-state index in [0.717, 1.165) is 41.0 Å². The monoisotopic (exact) mass is 511 g/mol. The van der Waals surface area contributed by atoms with Crippen LogP contribution in [0, 0.1) is 10.1 Å². The number of ether oxygens (including phenoxy) is 1. The number of methoxy groups -OCH3 is 1. The summed E-state index contributed by atoms with van der Waals surface area (Å²) >= 11 is 1.25. The number of rotatable bonds is 4. The number of aromatic hydroxyl groups is 1. The number of nitrogens with zero attached hydrogens (tertiary/aromatic N) is 3. The second-order valence-corrected chi connectivity index (χ2v) is 9.90. The van der Waals surface area contributed by atoms with Gasteiger partial charge in [0.05, 0.1) is 28.3 Å². The maximum Gasteiger partial charge on any atom is 0.311 e. The van der Waals surface area contributed by atoms with Gasteiger partial charge in [-0.05, 0) is 59.4 Å². The first-order valence-electron chi connectivity index (χ1n) is 11.7. The third-order valence-electron chi connectivity index (χ3n) is 6.80. The molecule has 9 heteroatoms. The van der Waals surface area contributed by atoms with Crippen molar-refractivity contribution in [3.63, 3.8) is 0 Å². The molecule has 0 spiro atoms. The molecule has 0 radical (unpaired) electrons. The molecule has 184 valence electrons. The van der Waals surface area contributed by atoms with Crippen molar-refractivity contribution in [2.75, 3.05) is 7.11 Å². The summed E-state index contributed by atoms with van der Waals surface area (Å²) in [6.45, 7) is 0. The lowest BCUT2D eigenvalue weighted by molar-refractivity contribution is -0.385. The van der Waals surface area contributed by atoms with Crippen LogP contribution in [0.2, 0.25) is 0 Å². The minimum Gasteiger partial charge on any atom is -0.502 e. The Labute approximate surface area is 214 Å². The van der Waals surface area contributed by atoms with E-state index in [0.29, 0.717) is 14.9 Å². The molecule has 4 aromatic rings. The molecule has 37 heavy (non-hydrogen) atoms. The molecule has 2 heterocycles. The topological polar surface area (TPSA) is 107 Å². The predicted molar refractivity (Wildman–Crippen MR) is 141 cm³/mol. The number of hydrogen-bond donors (Lipinski definition) is 1. The normalized spacial score (nSPS) is 16.5. The van der Waals surface area contributed by atoms with E-state index >= 15 is 0 Å². The zero-order valence-electron chi connectivity index (χ0n) is 19.7. The average molecular weight is 512 g/mol. The van der Waals surface area contributed by atoms with Crippen LogP contribution in [0.4, 0.5) is 5.69 Å². The molecule has 0 fully saturated rings. The number of phenols is 1. The first-order valence-corrected chi connectivity index (χ1v) is 12.5. The SMILES string of the molecule is COc1ccc([C@H]2C3=C(N=c4s/c(=C\c5ccc(O)c([N+](=O)[O-])c5)c(=O)n42)c2ccccc2CC3)cc1. The standard InChI is InChI=1S/C28H21N3O5S/c1-36-19-10-7-18(8-11-19)26-21-12-9-17-4-2-3-5-20(17)25(21)29-28-30(26)27(33)24(37-28)15-16-6-13-23(32)22(14-16)31(34)35/h2-8,10-11,13-15,26,32H,9,12H2,1H3/b24-15-/t26-/m0/s1. The summed E-state index contributed by atoms with van der Waals surface area (Å²) in [4.78, 5) is 30.0. The largest absolute Gasteiger partial charge is 0.502 e. The van der Waals surface area contributed by atoms with Crippen molar-refractivity contribution in [3.8, 4) is 11.5 Å². The molecular formula is C28H21N3O5S. The van der Waals surface area contributed by atoms with Crippen molar-refractivity contribution in [1.82, 2.24) is 4.57 Å². The lowest BCUT2D eigenvalue weighted by Gasteiger charge is -2.30. The Morgan fingerprint density at radius 2 is 1.92 bits per heavy atom. The molecule has 1 N–H and O–H groups in total. The molecule has 2 aliphatic rings. The van der Waals surface area contributed by atoms with E-state index in [4.69, 9.17) is 9.73 Å². The summed E-state index contributed by atoms with van der Waals surface area (Å²) in [6.07, 6.45) is 3.25. The minimum atomic E-state index is -0.649. The van der Waals surface area contributed by atoms with Gasteiger partial charge >= 0.3 is 5.69 Å². The lowest BCUT2D eigenvalue weighted by Crippen LogP contribution is -2.38. The van der Waals surface area contributed by atoms with Crippen molar-refractivity contribution in [3.05, 3.63) is 124 Å². The fraction of sp³-hybridized carbons (Fsp3) is 0.143. The van der Waals surface area contributed by atoms with Crippen molar-refractivity contribution in [2.45, 2.75) is 18.9 Å². The second kappa shape index (κ2) is 8.86. The molecule has 1 aliphatic heterocycles. The van der Waals surface area contributed by atoms with Gasteiger partial charge in [0.2, 0.25) is 0 Å². The van der Waals surface area contributed by atoms with E-state index in [1.165, 1.54) is 29.0 Å². The summed E-state index contributed by atoms with van der Waals surface area (Å²) < 4.78 is 7.47. The van der Waals surface area contributed by atoms with Crippen molar-refractivity contribution in [1.29, 1.82) is 0 Å². The van der Waals surface area contributed by atoms with E-state index in [-0.39, 0.29) is 11.6 Å². The van der Waals surface area contributed by atoms with E-state index < -0.39 is 16.4 Å². The van der Waals surface area contributed by atoms with Crippen molar-refractivity contribution in [2.24, 2.45) is 4.99 Å². The van der Waals surface area contributed by atoms with Crippen LogP contribution < -0.4 is 19.6 Å². The molecule has 8 nitrogen and oxygen atoms in total. The molecule has 6 rings (SSSR count). The van der Waals surface area contributed by atoms with Gasteiger partial charge in [-0.1, -0.05) is 53.8 Å². The fourth-order valence-corrected chi connectivity index (χ4v) is 6.04. The van der Waals surface area contributed by atoms with Crippen molar-refractivity contribution >= 4 is 28.8 Å². The van der Waals surface area contributed by atoms with Crippen LogP contribution >= 0.6 is 11.3 Å². The Morgan fingerprint density at radius 3 is 2.68 bits per heavy atom. The predicted octanol–water partition coefficient (Wildman–Crippen LogP) is 3.94. The van der Waals surface area contributed by atoms with E-state index in [1.54, 1.807) is 23.8 Å². The maximum atomic E-state index is 13.8. The maximum absolute atomic E-state index is 13.8. The summed E-state index contributed by atoms with van der Waals surface area (Å²) in [6, 6.07) is 19.7. The van der Waals surface area contributed by atoms with Gasteiger partial charge in [-0.3, -0.25) is 19.5 Å². The number of nitro benzene ring substituents is 1. The molecule has 0 bridgehead atoms. The van der Waals surface area contributed by atoms with Crippen LogP contribution in [0.3, 0.4) is 0 Å². The first kappa shape index (κ1) is 22.9. The molecular weight excluding hydrogens is 490 g/mol. The number of thiazole rings is 1. The van der Waals surface area contributed by atoms with E-state index in [1.807, 2.05) is 36.4 Å². The molecule has 1 atom stereocenters. The second-order valence-electron chi connectivity index (χ2n) is 8.89. The molecule has 0 saturated carbocycles. The summed E-state index contributed by atoms with van der Waals surface area (Å²) in [7, 11) is 1.62. The smallest absolute Gasteiger partial charge is 0.311 e. The van der Waals surface area contributed by atoms with Crippen LogP contribution in [0.15, 0.2) is 82.1 Å². The molecule has 1 aliphatic carbocycles. The number of fused-ring (bicyclic) bond motifs is 3. The minimum absolute atomic E-state index is 0.217. The third kappa shape index (κ3) is 3.84. The third-order valence-corrected chi connectivity index (χ3v) is 7.78. The molecule has 0 amide bonds. The van der Waals surface area contributed by atoms with Gasteiger partial charge < -0.3 is 9.84 Å². The van der Waals surface area contributed by atoms with Crippen LogP contribution in [-0.2, 0) is 6.42 Å². The molecule has 1 aromatic heterocycles. The van der Waals surface area contributed by atoms with Crippen LogP contribution in [-0.4, -0.2) is 21.7 Å². The number of aromatic nitrogens is 1. The van der Waals surface area contributed by atoms with Gasteiger partial charge in [-0.15, -0.1) is 0 Å². The van der Waals surface area contributed by atoms with Gasteiger partial charge in [0, 0.05) is 11.6 Å². The summed E-state index contributed by atoms with van der Waals surface area (Å²) in [5, 5.41) is 21.1.